The van der Waals surface area contributed by atoms with Crippen molar-refractivity contribution < 1.29 is 9.53 Å². The zero-order valence-corrected chi connectivity index (χ0v) is 12.5. The Morgan fingerprint density at radius 2 is 2.33 bits per heavy atom. The summed E-state index contributed by atoms with van der Waals surface area (Å²) in [5, 5.41) is 1.20. The first-order chi connectivity index (χ1) is 10.2. The molecule has 1 amide bonds. The van der Waals surface area contributed by atoms with Crippen LogP contribution in [0.3, 0.4) is 0 Å². The average molecular weight is 287 g/mol. The predicted molar refractivity (Wildman–Crippen MR) is 82.0 cm³/mol. The van der Waals surface area contributed by atoms with Crippen molar-refractivity contribution in [1.82, 2.24) is 9.99 Å². The standard InChI is InChI=1S/C16H21N3O2/c1-3-19-14-6-4-10(16(20)18-17)8-12(14)13-9-11(21-2)5-7-15(13)19/h5,7,9-10H,3-4,6,8,17H2,1-2H3,(H,18,20). The summed E-state index contributed by atoms with van der Waals surface area (Å²) in [4.78, 5) is 11.8. The van der Waals surface area contributed by atoms with Crippen LogP contribution in [-0.4, -0.2) is 17.6 Å². The van der Waals surface area contributed by atoms with E-state index in [1.54, 1.807) is 7.11 Å². The third-order valence-corrected chi connectivity index (χ3v) is 4.50. The van der Waals surface area contributed by atoms with Crippen LogP contribution in [0.25, 0.3) is 10.9 Å². The molecule has 112 valence electrons. The maximum atomic E-state index is 11.8. The summed E-state index contributed by atoms with van der Waals surface area (Å²) in [6.07, 6.45) is 2.51. The second kappa shape index (κ2) is 5.41. The van der Waals surface area contributed by atoms with E-state index in [9.17, 15) is 4.79 Å². The number of nitrogens with zero attached hydrogens (tertiary/aromatic N) is 1. The van der Waals surface area contributed by atoms with Crippen LogP contribution in [0.5, 0.6) is 5.75 Å². The number of benzene rings is 1. The van der Waals surface area contributed by atoms with Gasteiger partial charge in [0.25, 0.3) is 0 Å². The van der Waals surface area contributed by atoms with E-state index in [-0.39, 0.29) is 11.8 Å². The van der Waals surface area contributed by atoms with Gasteiger partial charge in [0, 0.05) is 29.1 Å². The number of hydrogen-bond acceptors (Lipinski definition) is 3. The van der Waals surface area contributed by atoms with Gasteiger partial charge in [0.05, 0.1) is 7.11 Å². The molecule has 2 aromatic rings. The molecule has 1 aromatic heterocycles. The summed E-state index contributed by atoms with van der Waals surface area (Å²) in [5.74, 6) is 6.03. The van der Waals surface area contributed by atoms with Crippen molar-refractivity contribution >= 4 is 16.8 Å². The molecule has 0 radical (unpaired) electrons. The Balaban J connectivity index is 2.14. The van der Waals surface area contributed by atoms with Crippen molar-refractivity contribution in [3.05, 3.63) is 29.5 Å². The number of nitrogens with two attached hydrogens (primary N) is 1. The molecule has 0 fully saturated rings. The van der Waals surface area contributed by atoms with Gasteiger partial charge in [0.1, 0.15) is 5.75 Å². The fraction of sp³-hybridized carbons (Fsp3) is 0.438. The van der Waals surface area contributed by atoms with Crippen LogP contribution in [-0.2, 0) is 24.2 Å². The number of carbonyl (C=O) groups is 1. The first-order valence-corrected chi connectivity index (χ1v) is 7.38. The van der Waals surface area contributed by atoms with Gasteiger partial charge >= 0.3 is 0 Å². The van der Waals surface area contributed by atoms with Gasteiger partial charge in [-0.1, -0.05) is 0 Å². The number of nitrogens with one attached hydrogen (secondary N) is 1. The number of aromatic nitrogens is 1. The SMILES string of the molecule is CCn1c2c(c3cc(OC)ccc31)CC(C(=O)NN)CC2. The van der Waals surface area contributed by atoms with Gasteiger partial charge in [0.15, 0.2) is 0 Å². The third kappa shape index (κ3) is 2.17. The molecule has 3 N–H and O–H groups in total. The lowest BCUT2D eigenvalue weighted by Crippen LogP contribution is -2.38. The number of fused-ring (bicyclic) bond motifs is 3. The highest BCUT2D eigenvalue weighted by Crippen LogP contribution is 2.36. The molecule has 0 bridgehead atoms. The van der Waals surface area contributed by atoms with Gasteiger partial charge in [-0.05, 0) is 49.9 Å². The summed E-state index contributed by atoms with van der Waals surface area (Å²) in [6, 6.07) is 6.17. The van der Waals surface area contributed by atoms with E-state index in [2.05, 4.69) is 29.0 Å². The first kappa shape index (κ1) is 13.9. The van der Waals surface area contributed by atoms with Crippen molar-refractivity contribution in [2.75, 3.05) is 7.11 Å². The van der Waals surface area contributed by atoms with Crippen LogP contribution in [0.15, 0.2) is 18.2 Å². The van der Waals surface area contributed by atoms with Gasteiger partial charge in [-0.2, -0.15) is 0 Å². The minimum atomic E-state index is -0.0686. The second-order valence-electron chi connectivity index (χ2n) is 5.50. The molecule has 1 aliphatic carbocycles. The van der Waals surface area contributed by atoms with Crippen LogP contribution < -0.4 is 16.0 Å². The summed E-state index contributed by atoms with van der Waals surface area (Å²) < 4.78 is 7.69. The largest absolute Gasteiger partial charge is 0.497 e. The number of hydrogen-bond donors (Lipinski definition) is 2. The Morgan fingerprint density at radius 3 is 3.00 bits per heavy atom. The van der Waals surface area contributed by atoms with Crippen molar-refractivity contribution in [2.45, 2.75) is 32.7 Å². The van der Waals surface area contributed by atoms with E-state index in [1.807, 2.05) is 6.07 Å². The number of hydrazine groups is 1. The Kier molecular flexibility index (Phi) is 3.59. The monoisotopic (exact) mass is 287 g/mol. The topological polar surface area (TPSA) is 69.3 Å². The molecular formula is C16H21N3O2. The van der Waals surface area contributed by atoms with Crippen LogP contribution >= 0.6 is 0 Å². The Labute approximate surface area is 124 Å². The molecular weight excluding hydrogens is 266 g/mol. The van der Waals surface area contributed by atoms with E-state index in [0.29, 0.717) is 0 Å². The quantitative estimate of drug-likeness (QED) is 0.513. The molecule has 5 heteroatoms. The van der Waals surface area contributed by atoms with Crippen LogP contribution in [0, 0.1) is 5.92 Å². The normalized spacial score (nSPS) is 17.6. The molecule has 1 aromatic carbocycles. The number of ether oxygens (including phenoxy) is 1. The zero-order chi connectivity index (χ0) is 15.0. The smallest absolute Gasteiger partial charge is 0.237 e. The molecule has 1 unspecified atom stereocenters. The van der Waals surface area contributed by atoms with Gasteiger partial charge in [-0.3, -0.25) is 10.2 Å². The first-order valence-electron chi connectivity index (χ1n) is 7.38. The van der Waals surface area contributed by atoms with Crippen LogP contribution in [0.1, 0.15) is 24.6 Å². The minimum Gasteiger partial charge on any atom is -0.497 e. The van der Waals surface area contributed by atoms with Gasteiger partial charge in [-0.25, -0.2) is 5.84 Å². The lowest BCUT2D eigenvalue weighted by Gasteiger charge is -2.22. The zero-order valence-electron chi connectivity index (χ0n) is 12.5. The number of rotatable bonds is 3. The summed E-state index contributed by atoms with van der Waals surface area (Å²) in [5.41, 5.74) is 6.12. The van der Waals surface area contributed by atoms with E-state index in [1.165, 1.54) is 22.2 Å². The van der Waals surface area contributed by atoms with E-state index >= 15 is 0 Å². The molecule has 0 aliphatic heterocycles. The summed E-state index contributed by atoms with van der Waals surface area (Å²) >= 11 is 0. The second-order valence-corrected chi connectivity index (χ2v) is 5.50. The summed E-state index contributed by atoms with van der Waals surface area (Å²) in [6.45, 7) is 3.09. The lowest BCUT2D eigenvalue weighted by molar-refractivity contribution is -0.125. The van der Waals surface area contributed by atoms with Crippen molar-refractivity contribution in [2.24, 2.45) is 11.8 Å². The number of amides is 1. The Morgan fingerprint density at radius 1 is 1.52 bits per heavy atom. The molecule has 5 nitrogen and oxygen atoms in total. The highest BCUT2D eigenvalue weighted by molar-refractivity contribution is 5.88. The van der Waals surface area contributed by atoms with E-state index in [0.717, 1.165) is 31.6 Å². The number of aryl methyl sites for hydroxylation is 1. The Bertz CT molecular complexity index is 690. The Hall–Kier alpha value is -2.01. The maximum Gasteiger partial charge on any atom is 0.237 e. The van der Waals surface area contributed by atoms with Gasteiger partial charge < -0.3 is 9.30 Å². The third-order valence-electron chi connectivity index (χ3n) is 4.50. The van der Waals surface area contributed by atoms with Gasteiger partial charge in [0.2, 0.25) is 5.91 Å². The maximum absolute atomic E-state index is 11.8. The molecule has 0 spiro atoms. The molecule has 21 heavy (non-hydrogen) atoms. The highest BCUT2D eigenvalue weighted by atomic mass is 16.5. The van der Waals surface area contributed by atoms with Crippen LogP contribution in [0.2, 0.25) is 0 Å². The fourth-order valence-corrected chi connectivity index (χ4v) is 3.46. The predicted octanol–water partition coefficient (Wildman–Crippen LogP) is 1.76. The molecule has 0 saturated carbocycles. The average Bonchev–Trinajstić information content (AvgIpc) is 2.86. The molecule has 1 aliphatic rings. The lowest BCUT2D eigenvalue weighted by atomic mass is 9.86. The molecule has 0 saturated heterocycles. The minimum absolute atomic E-state index is 0.0374. The van der Waals surface area contributed by atoms with E-state index in [4.69, 9.17) is 10.6 Å². The van der Waals surface area contributed by atoms with Gasteiger partial charge in [-0.15, -0.1) is 0 Å². The molecule has 3 rings (SSSR count). The molecule has 1 heterocycles. The van der Waals surface area contributed by atoms with Crippen molar-refractivity contribution in [1.29, 1.82) is 0 Å². The fourth-order valence-electron chi connectivity index (χ4n) is 3.46. The molecule has 1 atom stereocenters. The van der Waals surface area contributed by atoms with Crippen LogP contribution in [0.4, 0.5) is 0 Å². The van der Waals surface area contributed by atoms with Crippen molar-refractivity contribution in [3.8, 4) is 5.75 Å². The van der Waals surface area contributed by atoms with Crippen molar-refractivity contribution in [3.63, 3.8) is 0 Å². The number of carbonyl (C=O) groups excluding carboxylic acids is 1. The number of methoxy groups -OCH3 is 1. The highest BCUT2D eigenvalue weighted by Gasteiger charge is 2.28. The van der Waals surface area contributed by atoms with E-state index < -0.39 is 0 Å². The summed E-state index contributed by atoms with van der Waals surface area (Å²) in [7, 11) is 1.68.